The predicted molar refractivity (Wildman–Crippen MR) is 59.9 cm³/mol. The van der Waals surface area contributed by atoms with E-state index in [2.05, 4.69) is 19.2 Å². The first kappa shape index (κ1) is 12.9. The third-order valence-corrected chi connectivity index (χ3v) is 2.37. The minimum absolute atomic E-state index is 0.594. The number of rotatable bonds is 9. The molecule has 0 fully saturated rings. The third-order valence-electron chi connectivity index (χ3n) is 2.37. The summed E-state index contributed by atoms with van der Waals surface area (Å²) in [6, 6.07) is 0.594. The molecule has 13 heavy (non-hydrogen) atoms. The van der Waals surface area contributed by atoms with Gasteiger partial charge in [-0.1, -0.05) is 32.6 Å². The van der Waals surface area contributed by atoms with Crippen LogP contribution >= 0.6 is 0 Å². The molecule has 80 valence electrons. The number of hydrogen-bond donors (Lipinski definition) is 2. The maximum absolute atomic E-state index is 5.46. The Morgan fingerprint density at radius 3 is 2.46 bits per heavy atom. The number of nitrogens with two attached hydrogens (primary N) is 1. The number of nitrogens with one attached hydrogen (secondary N) is 1. The molecule has 0 aliphatic rings. The van der Waals surface area contributed by atoms with Gasteiger partial charge in [-0.3, -0.25) is 0 Å². The second-order valence-corrected chi connectivity index (χ2v) is 3.85. The Labute approximate surface area is 83.3 Å². The van der Waals surface area contributed by atoms with Gasteiger partial charge in [-0.25, -0.2) is 0 Å². The molecule has 0 aromatic heterocycles. The lowest BCUT2D eigenvalue weighted by atomic mass is 10.1. The van der Waals surface area contributed by atoms with Gasteiger partial charge in [0, 0.05) is 6.04 Å². The van der Waals surface area contributed by atoms with Crippen molar-refractivity contribution in [3.8, 4) is 0 Å². The highest BCUT2D eigenvalue weighted by Gasteiger charge is 1.97. The Kier molecular flexibility index (Phi) is 9.94. The van der Waals surface area contributed by atoms with Crippen molar-refractivity contribution in [1.29, 1.82) is 0 Å². The number of hydrogen-bond acceptors (Lipinski definition) is 2. The van der Waals surface area contributed by atoms with Crippen LogP contribution in [-0.4, -0.2) is 19.1 Å². The van der Waals surface area contributed by atoms with E-state index in [-0.39, 0.29) is 0 Å². The summed E-state index contributed by atoms with van der Waals surface area (Å²) in [6.07, 6.45) is 7.89. The fourth-order valence-electron chi connectivity index (χ4n) is 1.43. The summed E-state index contributed by atoms with van der Waals surface area (Å²) < 4.78 is 0. The van der Waals surface area contributed by atoms with E-state index in [1.165, 1.54) is 32.1 Å². The van der Waals surface area contributed by atoms with Gasteiger partial charge in [0.1, 0.15) is 0 Å². The Morgan fingerprint density at radius 1 is 1.15 bits per heavy atom. The zero-order valence-corrected chi connectivity index (χ0v) is 9.31. The molecule has 1 unspecified atom stereocenters. The maximum Gasteiger partial charge on any atom is 0.00507 e. The Morgan fingerprint density at radius 2 is 1.85 bits per heavy atom. The van der Waals surface area contributed by atoms with Crippen molar-refractivity contribution in [3.05, 3.63) is 0 Å². The second-order valence-electron chi connectivity index (χ2n) is 3.85. The van der Waals surface area contributed by atoms with Gasteiger partial charge in [-0.15, -0.1) is 0 Å². The van der Waals surface area contributed by atoms with Crippen LogP contribution in [0.5, 0.6) is 0 Å². The van der Waals surface area contributed by atoms with E-state index in [4.69, 9.17) is 5.73 Å². The average Bonchev–Trinajstić information content (AvgIpc) is 2.11. The largest absolute Gasteiger partial charge is 0.330 e. The Balaban J connectivity index is 2.97. The van der Waals surface area contributed by atoms with E-state index < -0.39 is 0 Å². The van der Waals surface area contributed by atoms with Gasteiger partial charge in [0.25, 0.3) is 0 Å². The molecule has 2 heteroatoms. The lowest BCUT2D eigenvalue weighted by Crippen LogP contribution is -2.29. The van der Waals surface area contributed by atoms with Crippen molar-refractivity contribution >= 4 is 0 Å². The average molecular weight is 186 g/mol. The van der Waals surface area contributed by atoms with Gasteiger partial charge in [-0.05, 0) is 32.9 Å². The molecule has 3 N–H and O–H groups in total. The fraction of sp³-hybridized carbons (Fsp3) is 1.00. The van der Waals surface area contributed by atoms with Crippen LogP contribution in [0.15, 0.2) is 0 Å². The summed E-state index contributed by atoms with van der Waals surface area (Å²) >= 11 is 0. The molecule has 0 aliphatic heterocycles. The number of unbranched alkanes of at least 4 members (excludes halogenated alkanes) is 4. The van der Waals surface area contributed by atoms with Gasteiger partial charge in [0.2, 0.25) is 0 Å². The summed E-state index contributed by atoms with van der Waals surface area (Å²) in [4.78, 5) is 0. The molecule has 1 atom stereocenters. The zero-order valence-electron chi connectivity index (χ0n) is 9.31. The van der Waals surface area contributed by atoms with E-state index in [1.54, 1.807) is 0 Å². The topological polar surface area (TPSA) is 38.0 Å². The smallest absolute Gasteiger partial charge is 0.00507 e. The molecule has 2 nitrogen and oxygen atoms in total. The van der Waals surface area contributed by atoms with E-state index in [0.29, 0.717) is 6.04 Å². The van der Waals surface area contributed by atoms with E-state index in [0.717, 1.165) is 19.5 Å². The minimum Gasteiger partial charge on any atom is -0.330 e. The molecule has 0 rings (SSSR count). The summed E-state index contributed by atoms with van der Waals surface area (Å²) in [6.45, 7) is 6.41. The molecular formula is C11H26N2. The third kappa shape index (κ3) is 9.84. The van der Waals surface area contributed by atoms with E-state index >= 15 is 0 Å². The first-order valence-electron chi connectivity index (χ1n) is 5.74. The molecule has 0 amide bonds. The van der Waals surface area contributed by atoms with Crippen LogP contribution in [0.1, 0.15) is 52.4 Å². The molecule has 0 aliphatic carbocycles. The normalized spacial score (nSPS) is 13.2. The second kappa shape index (κ2) is 10.0. The first-order valence-corrected chi connectivity index (χ1v) is 5.74. The molecule has 0 spiro atoms. The summed E-state index contributed by atoms with van der Waals surface area (Å²) in [5.74, 6) is 0. The molecule has 0 radical (unpaired) electrons. The van der Waals surface area contributed by atoms with Crippen LogP contribution in [0, 0.1) is 0 Å². The summed E-state index contributed by atoms with van der Waals surface area (Å²) in [5, 5.41) is 3.48. The van der Waals surface area contributed by atoms with Crippen molar-refractivity contribution in [2.24, 2.45) is 5.73 Å². The minimum atomic E-state index is 0.594. The lowest BCUT2D eigenvalue weighted by Gasteiger charge is -2.11. The van der Waals surface area contributed by atoms with Gasteiger partial charge in [-0.2, -0.15) is 0 Å². The molecule has 0 heterocycles. The first-order chi connectivity index (χ1) is 6.31. The molecule has 0 aromatic rings. The Hall–Kier alpha value is -0.0800. The van der Waals surface area contributed by atoms with Crippen LogP contribution in [0.3, 0.4) is 0 Å². The fourth-order valence-corrected chi connectivity index (χ4v) is 1.43. The van der Waals surface area contributed by atoms with Gasteiger partial charge in [0.05, 0.1) is 0 Å². The SMILES string of the molecule is CCCCCCCNC(C)CCN. The summed E-state index contributed by atoms with van der Waals surface area (Å²) in [7, 11) is 0. The van der Waals surface area contributed by atoms with Crippen LogP contribution < -0.4 is 11.1 Å². The van der Waals surface area contributed by atoms with Crippen LogP contribution in [0.2, 0.25) is 0 Å². The Bertz CT molecular complexity index is 94.1. The van der Waals surface area contributed by atoms with Crippen molar-refractivity contribution in [1.82, 2.24) is 5.32 Å². The molecule has 0 aromatic carbocycles. The molecule has 0 bridgehead atoms. The maximum atomic E-state index is 5.46. The zero-order chi connectivity index (χ0) is 9.94. The van der Waals surface area contributed by atoms with Gasteiger partial charge < -0.3 is 11.1 Å². The molecule has 0 saturated carbocycles. The van der Waals surface area contributed by atoms with Crippen LogP contribution in [-0.2, 0) is 0 Å². The van der Waals surface area contributed by atoms with Crippen molar-refractivity contribution in [2.75, 3.05) is 13.1 Å². The van der Waals surface area contributed by atoms with Crippen molar-refractivity contribution in [2.45, 2.75) is 58.4 Å². The van der Waals surface area contributed by atoms with Gasteiger partial charge in [0.15, 0.2) is 0 Å². The van der Waals surface area contributed by atoms with E-state index in [9.17, 15) is 0 Å². The predicted octanol–water partition coefficient (Wildman–Crippen LogP) is 2.28. The highest BCUT2D eigenvalue weighted by Crippen LogP contribution is 2.01. The summed E-state index contributed by atoms with van der Waals surface area (Å²) in [5.41, 5.74) is 5.46. The van der Waals surface area contributed by atoms with Crippen molar-refractivity contribution < 1.29 is 0 Å². The quantitative estimate of drug-likeness (QED) is 0.542. The van der Waals surface area contributed by atoms with Crippen LogP contribution in [0.25, 0.3) is 0 Å². The molecule has 0 saturated heterocycles. The lowest BCUT2D eigenvalue weighted by molar-refractivity contribution is 0.497. The molecular weight excluding hydrogens is 160 g/mol. The van der Waals surface area contributed by atoms with E-state index in [1.807, 2.05) is 0 Å². The highest BCUT2D eigenvalue weighted by molar-refractivity contribution is 4.60. The van der Waals surface area contributed by atoms with Crippen molar-refractivity contribution in [3.63, 3.8) is 0 Å². The van der Waals surface area contributed by atoms with Gasteiger partial charge >= 0.3 is 0 Å². The van der Waals surface area contributed by atoms with Crippen LogP contribution in [0.4, 0.5) is 0 Å². The monoisotopic (exact) mass is 186 g/mol. The highest BCUT2D eigenvalue weighted by atomic mass is 14.9. The standard InChI is InChI=1S/C11H26N2/c1-3-4-5-6-7-10-13-11(2)8-9-12/h11,13H,3-10,12H2,1-2H3.